The van der Waals surface area contributed by atoms with Crippen LogP contribution in [0.3, 0.4) is 0 Å². The van der Waals surface area contributed by atoms with Crippen molar-refractivity contribution in [3.8, 4) is 0 Å². The highest BCUT2D eigenvalue weighted by Crippen LogP contribution is 2.10. The number of nitrogens with one attached hydrogen (secondary N) is 2. The summed E-state index contributed by atoms with van der Waals surface area (Å²) in [5, 5.41) is 6.15. The summed E-state index contributed by atoms with van der Waals surface area (Å²) in [4.78, 5) is 20.4. The maximum Gasteiger partial charge on any atom is 0.270 e. The third kappa shape index (κ3) is 4.56. The van der Waals surface area contributed by atoms with Crippen molar-refractivity contribution in [1.82, 2.24) is 15.3 Å². The maximum absolute atomic E-state index is 12.1. The van der Waals surface area contributed by atoms with Crippen molar-refractivity contribution in [1.29, 1.82) is 0 Å². The molecule has 2 aromatic rings. The van der Waals surface area contributed by atoms with Gasteiger partial charge in [0.2, 0.25) is 0 Å². The zero-order valence-corrected chi connectivity index (χ0v) is 12.3. The Morgan fingerprint density at radius 2 is 2.10 bits per heavy atom. The molecule has 0 aliphatic carbocycles. The molecule has 1 atom stereocenters. The second-order valence-electron chi connectivity index (χ2n) is 4.89. The number of aromatic nitrogens is 2. The fourth-order valence-corrected chi connectivity index (χ4v) is 1.80. The van der Waals surface area contributed by atoms with Gasteiger partial charge >= 0.3 is 0 Å². The van der Waals surface area contributed by atoms with Gasteiger partial charge < -0.3 is 10.6 Å². The number of hydrogen-bond donors (Lipinski definition) is 2. The minimum absolute atomic E-state index is 0.201. The molecule has 2 aromatic heterocycles. The molecule has 2 rings (SSSR count). The van der Waals surface area contributed by atoms with Crippen molar-refractivity contribution in [2.24, 2.45) is 0 Å². The topological polar surface area (TPSA) is 66.9 Å². The Morgan fingerprint density at radius 3 is 2.81 bits per heavy atom. The molecular weight excluding hydrogens is 264 g/mol. The molecule has 110 valence electrons. The summed E-state index contributed by atoms with van der Waals surface area (Å²) >= 11 is 0. The van der Waals surface area contributed by atoms with E-state index in [-0.39, 0.29) is 5.91 Å². The average molecular weight is 284 g/mol. The van der Waals surface area contributed by atoms with Gasteiger partial charge in [0.15, 0.2) is 0 Å². The van der Waals surface area contributed by atoms with Crippen LogP contribution in [0, 0.1) is 0 Å². The lowest BCUT2D eigenvalue weighted by molar-refractivity contribution is 0.0945. The van der Waals surface area contributed by atoms with Gasteiger partial charge in [-0.1, -0.05) is 13.0 Å². The van der Waals surface area contributed by atoms with E-state index in [0.29, 0.717) is 18.3 Å². The minimum Gasteiger partial charge on any atom is -0.382 e. The third-order valence-electron chi connectivity index (χ3n) is 3.17. The number of rotatable bonds is 6. The molecule has 1 amide bonds. The second-order valence-corrected chi connectivity index (χ2v) is 4.89. The predicted octanol–water partition coefficient (Wildman–Crippen LogP) is 2.62. The van der Waals surface area contributed by atoms with E-state index >= 15 is 0 Å². The summed E-state index contributed by atoms with van der Waals surface area (Å²) in [6, 6.07) is 9.59. The molecule has 0 aliphatic rings. The second kappa shape index (κ2) is 7.38. The highest BCUT2D eigenvalue weighted by molar-refractivity contribution is 5.93. The normalized spacial score (nSPS) is 11.7. The first-order valence-corrected chi connectivity index (χ1v) is 7.09. The summed E-state index contributed by atoms with van der Waals surface area (Å²) < 4.78 is 0. The molecule has 0 fully saturated rings. The van der Waals surface area contributed by atoms with Gasteiger partial charge in [0.1, 0.15) is 5.69 Å². The van der Waals surface area contributed by atoms with Crippen LogP contribution >= 0.6 is 0 Å². The Hall–Kier alpha value is -2.43. The molecule has 5 heteroatoms. The number of anilines is 1. The van der Waals surface area contributed by atoms with E-state index in [9.17, 15) is 4.79 Å². The van der Waals surface area contributed by atoms with Gasteiger partial charge in [-0.3, -0.25) is 14.8 Å². The van der Waals surface area contributed by atoms with Crippen molar-refractivity contribution in [3.63, 3.8) is 0 Å². The first-order chi connectivity index (χ1) is 10.2. The summed E-state index contributed by atoms with van der Waals surface area (Å²) in [5.74, 6) is -0.201. The number of pyridine rings is 2. The molecule has 0 saturated carbocycles. The summed E-state index contributed by atoms with van der Waals surface area (Å²) in [6.45, 7) is 4.60. The number of carbonyl (C=O) groups excluding carboxylic acids is 1. The van der Waals surface area contributed by atoms with Crippen LogP contribution in [0.15, 0.2) is 42.7 Å². The Labute approximate surface area is 124 Å². The van der Waals surface area contributed by atoms with Crippen LogP contribution in [-0.2, 0) is 6.54 Å². The SMILES string of the molecule is CCC(C)Nc1ccnc(C(=O)NCc2ccccn2)c1. The molecule has 0 saturated heterocycles. The van der Waals surface area contributed by atoms with E-state index in [2.05, 4.69) is 34.4 Å². The molecule has 0 aliphatic heterocycles. The monoisotopic (exact) mass is 284 g/mol. The number of carbonyl (C=O) groups is 1. The molecule has 1 unspecified atom stereocenters. The van der Waals surface area contributed by atoms with E-state index in [1.165, 1.54) is 0 Å². The predicted molar refractivity (Wildman–Crippen MR) is 83.0 cm³/mol. The number of nitrogens with zero attached hydrogens (tertiary/aromatic N) is 2. The molecule has 0 aromatic carbocycles. The minimum atomic E-state index is -0.201. The quantitative estimate of drug-likeness (QED) is 0.855. The number of amides is 1. The van der Waals surface area contributed by atoms with E-state index in [4.69, 9.17) is 0 Å². The first-order valence-electron chi connectivity index (χ1n) is 7.09. The lowest BCUT2D eigenvalue weighted by atomic mass is 10.2. The highest BCUT2D eigenvalue weighted by Gasteiger charge is 2.08. The van der Waals surface area contributed by atoms with E-state index in [1.807, 2.05) is 24.3 Å². The molecule has 0 radical (unpaired) electrons. The van der Waals surface area contributed by atoms with E-state index < -0.39 is 0 Å². The fourth-order valence-electron chi connectivity index (χ4n) is 1.80. The molecule has 0 bridgehead atoms. The van der Waals surface area contributed by atoms with Crippen molar-refractivity contribution >= 4 is 11.6 Å². The van der Waals surface area contributed by atoms with Crippen LogP contribution in [-0.4, -0.2) is 21.9 Å². The summed E-state index contributed by atoms with van der Waals surface area (Å²) in [5.41, 5.74) is 2.13. The zero-order valence-electron chi connectivity index (χ0n) is 12.3. The van der Waals surface area contributed by atoms with Crippen LogP contribution in [0.25, 0.3) is 0 Å². The molecular formula is C16H20N4O. The summed E-state index contributed by atoms with van der Waals surface area (Å²) in [7, 11) is 0. The molecule has 2 N–H and O–H groups in total. The Morgan fingerprint density at radius 1 is 1.24 bits per heavy atom. The molecule has 2 heterocycles. The van der Waals surface area contributed by atoms with Crippen LogP contribution in [0.4, 0.5) is 5.69 Å². The zero-order chi connectivity index (χ0) is 15.1. The van der Waals surface area contributed by atoms with Crippen molar-refractivity contribution in [2.75, 3.05) is 5.32 Å². The van der Waals surface area contributed by atoms with Crippen LogP contribution in [0.1, 0.15) is 36.5 Å². The van der Waals surface area contributed by atoms with Crippen molar-refractivity contribution in [2.45, 2.75) is 32.9 Å². The largest absolute Gasteiger partial charge is 0.382 e. The standard InChI is InChI=1S/C16H20N4O/c1-3-12(2)20-13-7-9-18-15(10-13)16(21)19-11-14-6-4-5-8-17-14/h4-10,12H,3,11H2,1-2H3,(H,18,20)(H,19,21). The van der Waals surface area contributed by atoms with Gasteiger partial charge in [-0.25, -0.2) is 0 Å². The Bertz CT molecular complexity index is 586. The van der Waals surface area contributed by atoms with Gasteiger partial charge in [0.25, 0.3) is 5.91 Å². The van der Waals surface area contributed by atoms with Crippen LogP contribution in [0.5, 0.6) is 0 Å². The third-order valence-corrected chi connectivity index (χ3v) is 3.17. The molecule has 5 nitrogen and oxygen atoms in total. The van der Waals surface area contributed by atoms with E-state index in [1.54, 1.807) is 18.5 Å². The first kappa shape index (κ1) is 15.0. The molecule has 0 spiro atoms. The Balaban J connectivity index is 1.97. The number of hydrogen-bond acceptors (Lipinski definition) is 4. The van der Waals surface area contributed by atoms with Gasteiger partial charge in [0.05, 0.1) is 12.2 Å². The maximum atomic E-state index is 12.1. The van der Waals surface area contributed by atoms with Gasteiger partial charge in [0, 0.05) is 24.1 Å². The van der Waals surface area contributed by atoms with E-state index in [0.717, 1.165) is 17.8 Å². The van der Waals surface area contributed by atoms with Crippen LogP contribution < -0.4 is 10.6 Å². The average Bonchev–Trinajstić information content (AvgIpc) is 2.53. The lowest BCUT2D eigenvalue weighted by Crippen LogP contribution is -2.24. The summed E-state index contributed by atoms with van der Waals surface area (Å²) in [6.07, 6.45) is 4.36. The van der Waals surface area contributed by atoms with Crippen LogP contribution in [0.2, 0.25) is 0 Å². The fraction of sp³-hybridized carbons (Fsp3) is 0.312. The molecule has 21 heavy (non-hydrogen) atoms. The van der Waals surface area contributed by atoms with Crippen molar-refractivity contribution in [3.05, 3.63) is 54.1 Å². The smallest absolute Gasteiger partial charge is 0.270 e. The van der Waals surface area contributed by atoms with Gasteiger partial charge in [-0.15, -0.1) is 0 Å². The Kier molecular flexibility index (Phi) is 5.26. The van der Waals surface area contributed by atoms with Crippen molar-refractivity contribution < 1.29 is 4.79 Å². The highest BCUT2D eigenvalue weighted by atomic mass is 16.1. The van der Waals surface area contributed by atoms with Gasteiger partial charge in [-0.05, 0) is 37.6 Å². The lowest BCUT2D eigenvalue weighted by Gasteiger charge is -2.13. The van der Waals surface area contributed by atoms with Gasteiger partial charge in [-0.2, -0.15) is 0 Å².